The highest BCUT2D eigenvalue weighted by molar-refractivity contribution is 6.04. The van der Waals surface area contributed by atoms with E-state index < -0.39 is 0 Å². The number of rotatable bonds is 4. The van der Waals surface area contributed by atoms with Gasteiger partial charge < -0.3 is 9.47 Å². The van der Waals surface area contributed by atoms with Crippen LogP contribution in [0.25, 0.3) is 33.0 Å². The molecule has 0 heterocycles. The van der Waals surface area contributed by atoms with Crippen molar-refractivity contribution >= 4 is 10.8 Å². The van der Waals surface area contributed by atoms with Crippen LogP contribution in [0.15, 0.2) is 60.7 Å². The first kappa shape index (κ1) is 20.8. The Morgan fingerprint density at radius 2 is 0.969 bits per heavy atom. The van der Waals surface area contributed by atoms with Gasteiger partial charge in [-0.25, -0.2) is 8.78 Å². The monoisotopic (exact) mass is 426 g/mol. The molecule has 4 aromatic rings. The molecule has 32 heavy (non-hydrogen) atoms. The Hall–Kier alpha value is -4.42. The van der Waals surface area contributed by atoms with E-state index in [4.69, 9.17) is 9.47 Å². The maximum absolute atomic E-state index is 13.6. The third-order valence-corrected chi connectivity index (χ3v) is 5.29. The first-order valence-electron chi connectivity index (χ1n) is 9.60. The average molecular weight is 426 g/mol. The molecule has 6 heteroatoms. The highest BCUT2D eigenvalue weighted by Crippen LogP contribution is 2.45. The van der Waals surface area contributed by atoms with Crippen LogP contribution in [0.4, 0.5) is 8.78 Å². The van der Waals surface area contributed by atoms with Crippen LogP contribution in [0.1, 0.15) is 11.1 Å². The molecule has 0 aliphatic heterocycles. The van der Waals surface area contributed by atoms with Crippen molar-refractivity contribution in [2.45, 2.75) is 0 Å². The first-order chi connectivity index (χ1) is 15.5. The molecule has 156 valence electrons. The van der Waals surface area contributed by atoms with Crippen molar-refractivity contribution < 1.29 is 18.3 Å². The van der Waals surface area contributed by atoms with Gasteiger partial charge in [-0.3, -0.25) is 0 Å². The normalized spacial score (nSPS) is 10.4. The number of methoxy groups -OCH3 is 2. The number of fused-ring (bicyclic) bond motifs is 1. The van der Waals surface area contributed by atoms with Gasteiger partial charge in [-0.1, -0.05) is 24.3 Å². The fourth-order valence-electron chi connectivity index (χ4n) is 3.85. The highest BCUT2D eigenvalue weighted by Gasteiger charge is 2.23. The van der Waals surface area contributed by atoms with E-state index in [1.807, 2.05) is 24.3 Å². The van der Waals surface area contributed by atoms with Crippen molar-refractivity contribution in [2.75, 3.05) is 14.2 Å². The van der Waals surface area contributed by atoms with Crippen molar-refractivity contribution in [3.05, 3.63) is 83.4 Å². The molecular weight excluding hydrogens is 410 g/mol. The lowest BCUT2D eigenvalue weighted by Crippen LogP contribution is -2.00. The number of halogens is 2. The van der Waals surface area contributed by atoms with Gasteiger partial charge in [0.15, 0.2) is 0 Å². The summed E-state index contributed by atoms with van der Waals surface area (Å²) < 4.78 is 38.2. The lowest BCUT2D eigenvalue weighted by Gasteiger charge is -2.18. The van der Waals surface area contributed by atoms with E-state index in [2.05, 4.69) is 0 Å². The van der Waals surface area contributed by atoms with Crippen LogP contribution in [0.5, 0.6) is 11.5 Å². The highest BCUT2D eigenvalue weighted by atomic mass is 19.1. The van der Waals surface area contributed by atoms with Gasteiger partial charge in [-0.15, -0.1) is 0 Å². The Morgan fingerprint density at radius 3 is 1.25 bits per heavy atom. The van der Waals surface area contributed by atoms with Crippen molar-refractivity contribution in [1.29, 1.82) is 10.5 Å². The Balaban J connectivity index is 2.18. The summed E-state index contributed by atoms with van der Waals surface area (Å²) in [7, 11) is 2.85. The number of nitriles is 2. The summed E-state index contributed by atoms with van der Waals surface area (Å²) >= 11 is 0. The zero-order valence-corrected chi connectivity index (χ0v) is 17.2. The average Bonchev–Trinajstić information content (AvgIpc) is 2.82. The van der Waals surface area contributed by atoms with Gasteiger partial charge in [-0.2, -0.15) is 10.5 Å². The summed E-state index contributed by atoms with van der Waals surface area (Å²) in [5, 5.41) is 20.5. The van der Waals surface area contributed by atoms with Crippen LogP contribution >= 0.6 is 0 Å². The summed E-state index contributed by atoms with van der Waals surface area (Å²) in [5.41, 5.74) is 3.02. The Labute approximate surface area is 183 Å². The Kier molecular flexibility index (Phi) is 5.45. The molecular formula is C26H16F2N2O2. The Morgan fingerprint density at radius 1 is 0.625 bits per heavy atom. The van der Waals surface area contributed by atoms with E-state index in [0.29, 0.717) is 10.8 Å². The predicted molar refractivity (Wildman–Crippen MR) is 117 cm³/mol. The van der Waals surface area contributed by atoms with E-state index in [-0.39, 0.29) is 34.3 Å². The molecule has 0 amide bonds. The van der Waals surface area contributed by atoms with Crippen molar-refractivity contribution in [3.8, 4) is 45.9 Å². The minimum absolute atomic E-state index is 0.0685. The molecule has 4 aromatic carbocycles. The summed E-state index contributed by atoms with van der Waals surface area (Å²) in [5.74, 6) is -0.257. The van der Waals surface area contributed by atoms with Crippen LogP contribution in [0.2, 0.25) is 0 Å². The molecule has 0 bridgehead atoms. The molecule has 0 aliphatic carbocycles. The van der Waals surface area contributed by atoms with Gasteiger partial charge in [0, 0.05) is 10.8 Å². The molecule has 0 saturated carbocycles. The lowest BCUT2D eigenvalue weighted by molar-refractivity contribution is 0.408. The molecule has 4 nitrogen and oxygen atoms in total. The first-order valence-corrected chi connectivity index (χ1v) is 9.60. The van der Waals surface area contributed by atoms with Gasteiger partial charge in [-0.05, 0) is 58.7 Å². The number of hydrogen-bond donors (Lipinski definition) is 0. The quantitative estimate of drug-likeness (QED) is 0.389. The van der Waals surface area contributed by atoms with Gasteiger partial charge >= 0.3 is 0 Å². The SMILES string of the molecule is COc1c(C#N)c(C#N)c(OC)c2cc(-c3ccc(F)cc3)c(-c3ccc(F)cc3)cc12. The second-order valence-electron chi connectivity index (χ2n) is 7.00. The summed E-state index contributed by atoms with van der Waals surface area (Å²) in [6.07, 6.45) is 0. The second-order valence-corrected chi connectivity index (χ2v) is 7.00. The van der Waals surface area contributed by atoms with E-state index in [1.54, 1.807) is 24.3 Å². The number of nitrogens with zero attached hydrogens (tertiary/aromatic N) is 2. The fourth-order valence-corrected chi connectivity index (χ4v) is 3.85. The molecule has 0 aliphatic rings. The predicted octanol–water partition coefficient (Wildman–Crippen LogP) is 6.21. The van der Waals surface area contributed by atoms with Gasteiger partial charge in [0.25, 0.3) is 0 Å². The smallest absolute Gasteiger partial charge is 0.146 e. The molecule has 0 fully saturated rings. The number of ether oxygens (including phenoxy) is 2. The minimum atomic E-state index is -0.373. The van der Waals surface area contributed by atoms with Gasteiger partial charge in [0.05, 0.1) is 14.2 Å². The molecule has 0 unspecified atom stereocenters. The molecule has 0 spiro atoms. The third kappa shape index (κ3) is 3.38. The fraction of sp³-hybridized carbons (Fsp3) is 0.0769. The van der Waals surface area contributed by atoms with Crippen molar-refractivity contribution in [2.24, 2.45) is 0 Å². The van der Waals surface area contributed by atoms with Crippen LogP contribution in [0, 0.1) is 34.3 Å². The zero-order valence-electron chi connectivity index (χ0n) is 17.2. The molecule has 0 atom stereocenters. The van der Waals surface area contributed by atoms with Crippen LogP contribution < -0.4 is 9.47 Å². The standard InChI is InChI=1S/C26H16F2N2O2/c1-31-25-21-11-19(15-3-7-17(27)8-4-15)20(16-5-9-18(28)10-6-16)12-22(21)26(32-2)24(14-30)23(25)13-29/h3-12H,1-2H3. The van der Waals surface area contributed by atoms with E-state index in [0.717, 1.165) is 22.3 Å². The molecule has 0 radical (unpaired) electrons. The second kappa shape index (κ2) is 8.37. The van der Waals surface area contributed by atoms with Crippen LogP contribution in [0.3, 0.4) is 0 Å². The summed E-state index contributed by atoms with van der Waals surface area (Å²) in [4.78, 5) is 0. The summed E-state index contributed by atoms with van der Waals surface area (Å²) in [6.45, 7) is 0. The largest absolute Gasteiger partial charge is 0.495 e. The number of hydrogen-bond acceptors (Lipinski definition) is 4. The summed E-state index contributed by atoms with van der Waals surface area (Å²) in [6, 6.07) is 19.7. The maximum atomic E-state index is 13.6. The topological polar surface area (TPSA) is 66.0 Å². The van der Waals surface area contributed by atoms with Crippen LogP contribution in [-0.4, -0.2) is 14.2 Å². The third-order valence-electron chi connectivity index (χ3n) is 5.29. The van der Waals surface area contributed by atoms with E-state index in [9.17, 15) is 19.3 Å². The number of benzene rings is 4. The van der Waals surface area contributed by atoms with Crippen LogP contribution in [-0.2, 0) is 0 Å². The lowest BCUT2D eigenvalue weighted by atomic mass is 9.89. The minimum Gasteiger partial charge on any atom is -0.495 e. The maximum Gasteiger partial charge on any atom is 0.146 e. The van der Waals surface area contributed by atoms with Gasteiger partial charge in [0.1, 0.15) is 46.4 Å². The molecule has 4 rings (SSSR count). The molecule has 0 N–H and O–H groups in total. The van der Waals surface area contributed by atoms with E-state index >= 15 is 0 Å². The van der Waals surface area contributed by atoms with Gasteiger partial charge in [0.2, 0.25) is 0 Å². The zero-order chi connectivity index (χ0) is 22.8. The molecule has 0 aromatic heterocycles. The Bertz CT molecular complexity index is 1300. The molecule has 0 saturated heterocycles. The van der Waals surface area contributed by atoms with Crippen molar-refractivity contribution in [1.82, 2.24) is 0 Å². The van der Waals surface area contributed by atoms with Crippen molar-refractivity contribution in [3.63, 3.8) is 0 Å². The van der Waals surface area contributed by atoms with E-state index in [1.165, 1.54) is 38.5 Å².